The Morgan fingerprint density at radius 3 is 2.21 bits per heavy atom. The van der Waals surface area contributed by atoms with E-state index in [1.165, 1.54) is 4.90 Å². The van der Waals surface area contributed by atoms with Gasteiger partial charge in [-0.3, -0.25) is 14.5 Å². The highest BCUT2D eigenvalue weighted by Gasteiger charge is 2.35. The van der Waals surface area contributed by atoms with E-state index in [2.05, 4.69) is 47.8 Å². The van der Waals surface area contributed by atoms with Crippen molar-refractivity contribution in [1.82, 2.24) is 4.90 Å². The summed E-state index contributed by atoms with van der Waals surface area (Å²) in [5, 5.41) is 0.347. The van der Waals surface area contributed by atoms with Gasteiger partial charge < -0.3 is 4.74 Å². The molecule has 0 bridgehead atoms. The van der Waals surface area contributed by atoms with Crippen LogP contribution in [0, 0.1) is 0 Å². The maximum absolute atomic E-state index is 12.9. The molecule has 3 aromatic carbocycles. The third kappa shape index (κ3) is 5.74. The molecule has 0 spiro atoms. The topological polar surface area (TPSA) is 46.6 Å². The van der Waals surface area contributed by atoms with Crippen molar-refractivity contribution in [3.63, 3.8) is 0 Å². The van der Waals surface area contributed by atoms with Crippen molar-refractivity contribution >= 4 is 88.4 Å². The summed E-state index contributed by atoms with van der Waals surface area (Å²) in [6.45, 7) is 0.524. The summed E-state index contributed by atoms with van der Waals surface area (Å²) in [5.74, 6) is 0.307. The summed E-state index contributed by atoms with van der Waals surface area (Å²) in [6.07, 6.45) is 1.71. The number of nitrogens with zero attached hydrogens (tertiary/aromatic N) is 1. The van der Waals surface area contributed by atoms with Crippen molar-refractivity contribution in [2.24, 2.45) is 0 Å². The summed E-state index contributed by atoms with van der Waals surface area (Å²) < 4.78 is 8.23. The van der Waals surface area contributed by atoms with Crippen LogP contribution in [0.1, 0.15) is 16.7 Å². The van der Waals surface area contributed by atoms with Gasteiger partial charge in [0.25, 0.3) is 11.1 Å². The number of carbonyl (C=O) groups excluding carboxylic acids is 2. The number of benzene rings is 3. The molecule has 2 amide bonds. The van der Waals surface area contributed by atoms with Crippen LogP contribution >= 0.6 is 71.2 Å². The summed E-state index contributed by atoms with van der Waals surface area (Å²) in [6, 6.07) is 18.7. The van der Waals surface area contributed by atoms with Gasteiger partial charge in [-0.25, -0.2) is 0 Å². The molecule has 1 heterocycles. The van der Waals surface area contributed by atoms with Gasteiger partial charge >= 0.3 is 0 Å². The van der Waals surface area contributed by atoms with E-state index in [1.807, 2.05) is 60.7 Å². The van der Waals surface area contributed by atoms with Crippen LogP contribution in [0.2, 0.25) is 5.02 Å². The normalized spacial score (nSPS) is 14.9. The van der Waals surface area contributed by atoms with Gasteiger partial charge in [-0.2, -0.15) is 0 Å². The lowest BCUT2D eigenvalue weighted by atomic mass is 10.2. The van der Waals surface area contributed by atoms with E-state index in [-0.39, 0.29) is 17.7 Å². The minimum atomic E-state index is -0.313. The second-order valence-electron chi connectivity index (χ2n) is 7.05. The Labute approximate surface area is 225 Å². The van der Waals surface area contributed by atoms with Crippen LogP contribution in [0.25, 0.3) is 6.08 Å². The molecule has 0 aromatic heterocycles. The molecule has 0 radical (unpaired) electrons. The first kappa shape index (κ1) is 24.5. The molecule has 3 aromatic rings. The van der Waals surface area contributed by atoms with Gasteiger partial charge in [0.05, 0.1) is 20.4 Å². The molecule has 1 saturated heterocycles. The smallest absolute Gasteiger partial charge is 0.293 e. The van der Waals surface area contributed by atoms with Crippen LogP contribution in [0.4, 0.5) is 4.79 Å². The zero-order valence-electron chi connectivity index (χ0n) is 16.9. The Kier molecular flexibility index (Phi) is 8.02. The highest BCUT2D eigenvalue weighted by molar-refractivity contribution is 9.11. The molecule has 0 atom stereocenters. The zero-order valence-corrected chi connectivity index (χ0v) is 23.2. The van der Waals surface area contributed by atoms with Gasteiger partial charge in [-0.15, -0.1) is 0 Å². The molecule has 1 fully saturated rings. The highest BCUT2D eigenvalue weighted by atomic mass is 79.9. The zero-order chi connectivity index (χ0) is 23.5. The maximum Gasteiger partial charge on any atom is 0.293 e. The van der Waals surface area contributed by atoms with Crippen molar-refractivity contribution in [2.45, 2.75) is 13.2 Å². The van der Waals surface area contributed by atoms with E-state index in [1.54, 1.807) is 6.08 Å². The predicted octanol–water partition coefficient (Wildman–Crippen LogP) is 8.44. The van der Waals surface area contributed by atoms with E-state index in [0.29, 0.717) is 31.2 Å². The van der Waals surface area contributed by atoms with Gasteiger partial charge in [-0.1, -0.05) is 63.9 Å². The molecule has 9 heteroatoms. The van der Waals surface area contributed by atoms with Gasteiger partial charge in [0, 0.05) is 15.1 Å². The molecule has 1 aliphatic rings. The quantitative estimate of drug-likeness (QED) is 0.247. The molecule has 0 N–H and O–H groups in total. The minimum absolute atomic E-state index is 0.214. The molecule has 1 aliphatic heterocycles. The maximum atomic E-state index is 12.9. The van der Waals surface area contributed by atoms with E-state index in [9.17, 15) is 9.59 Å². The number of thioether (sulfide) groups is 1. The number of imide groups is 1. The van der Waals surface area contributed by atoms with Crippen molar-refractivity contribution < 1.29 is 14.3 Å². The third-order valence-corrected chi connectivity index (χ3v) is 8.04. The number of halogens is 4. The van der Waals surface area contributed by atoms with Crippen LogP contribution in [-0.4, -0.2) is 16.0 Å². The molecular formula is C24H15Br3ClNO3S. The largest absolute Gasteiger partial charge is 0.486 e. The summed E-state index contributed by atoms with van der Waals surface area (Å²) >= 11 is 17.7. The number of amides is 2. The first-order chi connectivity index (χ1) is 15.8. The van der Waals surface area contributed by atoms with E-state index in [4.69, 9.17) is 16.3 Å². The van der Waals surface area contributed by atoms with E-state index < -0.39 is 0 Å². The van der Waals surface area contributed by atoms with Crippen LogP contribution in [0.5, 0.6) is 5.75 Å². The number of ether oxygens (including phenoxy) is 1. The summed E-state index contributed by atoms with van der Waals surface area (Å²) in [7, 11) is 0. The second-order valence-corrected chi connectivity index (χ2v) is 11.0. The highest BCUT2D eigenvalue weighted by Crippen LogP contribution is 2.39. The number of carbonyl (C=O) groups is 2. The monoisotopic (exact) mass is 669 g/mol. The van der Waals surface area contributed by atoms with Crippen molar-refractivity contribution in [1.29, 1.82) is 0 Å². The average Bonchev–Trinajstić information content (AvgIpc) is 3.03. The molecule has 0 unspecified atom stereocenters. The average molecular weight is 673 g/mol. The Morgan fingerprint density at radius 2 is 1.55 bits per heavy atom. The summed E-state index contributed by atoms with van der Waals surface area (Å²) in [4.78, 5) is 27.0. The van der Waals surface area contributed by atoms with E-state index in [0.717, 1.165) is 32.9 Å². The lowest BCUT2D eigenvalue weighted by Gasteiger charge is -2.13. The summed E-state index contributed by atoms with van der Waals surface area (Å²) in [5.41, 5.74) is 2.50. The lowest BCUT2D eigenvalue weighted by molar-refractivity contribution is -0.123. The van der Waals surface area contributed by atoms with Crippen LogP contribution in [-0.2, 0) is 17.9 Å². The first-order valence-corrected chi connectivity index (χ1v) is 13.2. The Hall–Kier alpha value is -1.58. The molecular weight excluding hydrogens is 658 g/mol. The molecule has 33 heavy (non-hydrogen) atoms. The van der Waals surface area contributed by atoms with Crippen LogP contribution < -0.4 is 4.74 Å². The Morgan fingerprint density at radius 1 is 0.909 bits per heavy atom. The second kappa shape index (κ2) is 10.8. The Balaban J connectivity index is 1.52. The molecule has 0 aliphatic carbocycles. The number of hydrogen-bond acceptors (Lipinski definition) is 4. The fraction of sp³-hybridized carbons (Fsp3) is 0.0833. The van der Waals surface area contributed by atoms with Crippen molar-refractivity contribution in [3.8, 4) is 5.75 Å². The van der Waals surface area contributed by atoms with E-state index >= 15 is 0 Å². The molecule has 0 saturated carbocycles. The van der Waals surface area contributed by atoms with Crippen molar-refractivity contribution in [2.75, 3.05) is 0 Å². The molecule has 4 nitrogen and oxygen atoms in total. The fourth-order valence-corrected chi connectivity index (χ4v) is 6.04. The van der Waals surface area contributed by atoms with Crippen LogP contribution in [0.15, 0.2) is 79.0 Å². The minimum Gasteiger partial charge on any atom is -0.486 e. The third-order valence-electron chi connectivity index (χ3n) is 4.81. The number of hydrogen-bond donors (Lipinski definition) is 0. The predicted molar refractivity (Wildman–Crippen MR) is 143 cm³/mol. The number of rotatable bonds is 6. The first-order valence-electron chi connectivity index (χ1n) is 9.67. The van der Waals surface area contributed by atoms with Gasteiger partial charge in [0.15, 0.2) is 0 Å². The van der Waals surface area contributed by atoms with Crippen LogP contribution in [0.3, 0.4) is 0 Å². The Bertz CT molecular complexity index is 1260. The lowest BCUT2D eigenvalue weighted by Crippen LogP contribution is -2.27. The fourth-order valence-electron chi connectivity index (χ4n) is 3.15. The van der Waals surface area contributed by atoms with Gasteiger partial charge in [-0.05, 0) is 85.1 Å². The molecule has 4 rings (SSSR count). The standard InChI is InChI=1S/C24H15Br3ClNO3S/c25-17-7-3-1-5-15(17)12-29-23(30)21(33-24(29)31)11-14-9-18(26)22(19(27)10-14)32-13-16-6-2-4-8-20(16)28/h1-11H,12-13H2/b21-11+. The van der Waals surface area contributed by atoms with Gasteiger partial charge in [0.2, 0.25) is 0 Å². The SMILES string of the molecule is O=C1S/C(=C/c2cc(Br)c(OCc3ccccc3Cl)c(Br)c2)C(=O)N1Cc1ccccc1Br. The van der Waals surface area contributed by atoms with Gasteiger partial charge in [0.1, 0.15) is 12.4 Å². The van der Waals surface area contributed by atoms with Crippen molar-refractivity contribution in [3.05, 3.63) is 101 Å². The molecule has 168 valence electrons.